The number of hydrogen-bond donors (Lipinski definition) is 1. The summed E-state index contributed by atoms with van der Waals surface area (Å²) in [4.78, 5) is 13.2. The lowest BCUT2D eigenvalue weighted by atomic mass is 10.3. The topological polar surface area (TPSA) is 56.6 Å². The smallest absolute Gasteiger partial charge is 0.266 e. The lowest BCUT2D eigenvalue weighted by molar-refractivity contribution is 1.12. The largest absolute Gasteiger partial charge is 0.325 e. The van der Waals surface area contributed by atoms with Gasteiger partial charge < -0.3 is 4.98 Å². The fourth-order valence-corrected chi connectivity index (χ4v) is 0.603. The molecule has 10 heavy (non-hydrogen) atoms. The van der Waals surface area contributed by atoms with Gasteiger partial charge in [0.05, 0.1) is 0 Å². The Morgan fingerprint density at radius 2 is 2.50 bits per heavy atom. The maximum atomic E-state index is 10.8. The first-order valence-corrected chi connectivity index (χ1v) is 2.76. The molecule has 0 bridgehead atoms. The van der Waals surface area contributed by atoms with Crippen LogP contribution in [0.15, 0.2) is 10.9 Å². The van der Waals surface area contributed by atoms with Crippen molar-refractivity contribution < 1.29 is 0 Å². The number of pyridine rings is 1. The van der Waals surface area contributed by atoms with Crippen LogP contribution in [0.4, 0.5) is 0 Å². The molecule has 0 saturated carbocycles. The molecule has 1 heterocycles. The van der Waals surface area contributed by atoms with E-state index in [1.807, 2.05) is 0 Å². The Balaban J connectivity index is 3.38. The normalized spacial score (nSPS) is 8.80. The van der Waals surface area contributed by atoms with Crippen molar-refractivity contribution in [1.29, 1.82) is 5.26 Å². The molecule has 1 aromatic heterocycles. The van der Waals surface area contributed by atoms with E-state index in [1.54, 1.807) is 13.0 Å². The highest BCUT2D eigenvalue weighted by atomic mass is 16.1. The fraction of sp³-hybridized carbons (Fsp3) is 0.143. The minimum atomic E-state index is -0.348. The number of aromatic nitrogens is 1. The van der Waals surface area contributed by atoms with Gasteiger partial charge in [-0.25, -0.2) is 0 Å². The first-order chi connectivity index (χ1) is 4.74. The van der Waals surface area contributed by atoms with E-state index >= 15 is 0 Å². The average molecular weight is 133 g/mol. The number of nitriles is 1. The third kappa shape index (κ3) is 1.06. The number of hydrogen-bond acceptors (Lipinski definition) is 2. The zero-order valence-electron chi connectivity index (χ0n) is 5.43. The van der Waals surface area contributed by atoms with E-state index in [1.165, 1.54) is 6.07 Å². The summed E-state index contributed by atoms with van der Waals surface area (Å²) in [7, 11) is 0. The zero-order chi connectivity index (χ0) is 7.56. The Labute approximate surface area is 57.9 Å². The SMILES string of the molecule is Cc1[c]cc(C#N)c(=O)[nH]1. The molecule has 1 N–H and O–H groups in total. The van der Waals surface area contributed by atoms with E-state index in [9.17, 15) is 4.79 Å². The van der Waals surface area contributed by atoms with Gasteiger partial charge in [0.1, 0.15) is 11.6 Å². The van der Waals surface area contributed by atoms with Gasteiger partial charge in [0.2, 0.25) is 0 Å². The van der Waals surface area contributed by atoms with Gasteiger partial charge in [-0.2, -0.15) is 5.26 Å². The summed E-state index contributed by atoms with van der Waals surface area (Å²) in [5.41, 5.74) is 0.397. The fourth-order valence-electron chi connectivity index (χ4n) is 0.603. The molecule has 0 atom stereocenters. The number of aromatic amines is 1. The van der Waals surface area contributed by atoms with E-state index in [-0.39, 0.29) is 11.1 Å². The molecule has 0 amide bonds. The van der Waals surface area contributed by atoms with Gasteiger partial charge in [0.25, 0.3) is 5.56 Å². The molecule has 3 heteroatoms. The van der Waals surface area contributed by atoms with E-state index < -0.39 is 0 Å². The minimum absolute atomic E-state index is 0.102. The average Bonchev–Trinajstić information content (AvgIpc) is 1.88. The summed E-state index contributed by atoms with van der Waals surface area (Å²) < 4.78 is 0. The van der Waals surface area contributed by atoms with Crippen LogP contribution in [0.2, 0.25) is 0 Å². The third-order valence-corrected chi connectivity index (χ3v) is 1.10. The molecule has 1 aromatic rings. The molecular formula is C7H5N2O. The Kier molecular flexibility index (Phi) is 1.55. The Bertz CT molecular complexity index is 332. The maximum absolute atomic E-state index is 10.8. The highest BCUT2D eigenvalue weighted by Gasteiger charge is 1.94. The van der Waals surface area contributed by atoms with Crippen LogP contribution in [0.5, 0.6) is 0 Å². The molecule has 0 aliphatic heterocycles. The van der Waals surface area contributed by atoms with Gasteiger partial charge in [-0.3, -0.25) is 4.79 Å². The van der Waals surface area contributed by atoms with Gasteiger partial charge >= 0.3 is 0 Å². The van der Waals surface area contributed by atoms with Crippen LogP contribution in [0, 0.1) is 24.3 Å². The molecule has 0 aliphatic rings. The maximum Gasteiger partial charge on any atom is 0.266 e. The molecule has 1 radical (unpaired) electrons. The monoisotopic (exact) mass is 133 g/mol. The van der Waals surface area contributed by atoms with E-state index in [2.05, 4.69) is 11.1 Å². The number of H-pyrrole nitrogens is 1. The van der Waals surface area contributed by atoms with E-state index in [4.69, 9.17) is 5.26 Å². The molecule has 0 aromatic carbocycles. The summed E-state index contributed by atoms with van der Waals surface area (Å²) in [6.45, 7) is 1.71. The second-order valence-electron chi connectivity index (χ2n) is 1.89. The predicted molar refractivity (Wildman–Crippen MR) is 35.4 cm³/mol. The van der Waals surface area contributed by atoms with Gasteiger partial charge in [-0.15, -0.1) is 0 Å². The summed E-state index contributed by atoms with van der Waals surface area (Å²) in [5, 5.41) is 8.32. The van der Waals surface area contributed by atoms with Gasteiger partial charge in [0.15, 0.2) is 0 Å². The van der Waals surface area contributed by atoms with E-state index in [0.717, 1.165) is 0 Å². The quantitative estimate of drug-likeness (QED) is 0.555. The predicted octanol–water partition coefficient (Wildman–Crippen LogP) is 0.355. The number of nitrogens with one attached hydrogen (secondary N) is 1. The van der Waals surface area contributed by atoms with Gasteiger partial charge in [-0.1, -0.05) is 0 Å². The standard InChI is InChI=1S/C7H5N2O/c1-5-2-3-6(4-8)7(10)9-5/h3H,1H3,(H,9,10). The summed E-state index contributed by atoms with van der Waals surface area (Å²) in [6.07, 6.45) is 0. The van der Waals surface area contributed by atoms with Crippen molar-refractivity contribution in [2.75, 3.05) is 0 Å². The van der Waals surface area contributed by atoms with Crippen LogP contribution >= 0.6 is 0 Å². The van der Waals surface area contributed by atoms with Crippen molar-refractivity contribution in [3.8, 4) is 6.07 Å². The molecule has 3 nitrogen and oxygen atoms in total. The van der Waals surface area contributed by atoms with Crippen molar-refractivity contribution in [3.63, 3.8) is 0 Å². The number of rotatable bonds is 0. The van der Waals surface area contributed by atoms with Crippen LogP contribution in [-0.2, 0) is 0 Å². The van der Waals surface area contributed by atoms with Crippen LogP contribution in [0.1, 0.15) is 11.3 Å². The van der Waals surface area contributed by atoms with Crippen LogP contribution in [0.3, 0.4) is 0 Å². The lowest BCUT2D eigenvalue weighted by Gasteiger charge is -1.88. The summed E-state index contributed by atoms with van der Waals surface area (Å²) >= 11 is 0. The molecule has 0 fully saturated rings. The molecule has 1 rings (SSSR count). The van der Waals surface area contributed by atoms with Crippen molar-refractivity contribution in [2.24, 2.45) is 0 Å². The minimum Gasteiger partial charge on any atom is -0.325 e. The molecular weight excluding hydrogens is 128 g/mol. The molecule has 0 aliphatic carbocycles. The molecule has 49 valence electrons. The first kappa shape index (κ1) is 6.56. The Hall–Kier alpha value is -1.56. The van der Waals surface area contributed by atoms with E-state index in [0.29, 0.717) is 5.69 Å². The zero-order valence-corrected chi connectivity index (χ0v) is 5.43. The van der Waals surface area contributed by atoms with Gasteiger partial charge in [-0.05, 0) is 13.0 Å². The summed E-state index contributed by atoms with van der Waals surface area (Å²) in [5.74, 6) is 0. The Morgan fingerprint density at radius 1 is 1.80 bits per heavy atom. The van der Waals surface area contributed by atoms with Gasteiger partial charge in [0, 0.05) is 11.8 Å². The third-order valence-electron chi connectivity index (χ3n) is 1.10. The highest BCUT2D eigenvalue weighted by molar-refractivity contribution is 5.25. The van der Waals surface area contributed by atoms with Crippen molar-refractivity contribution in [2.45, 2.75) is 6.92 Å². The van der Waals surface area contributed by atoms with Crippen molar-refractivity contribution >= 4 is 0 Å². The van der Waals surface area contributed by atoms with Crippen LogP contribution in [0.25, 0.3) is 0 Å². The second kappa shape index (κ2) is 2.36. The number of aryl methyl sites for hydroxylation is 1. The first-order valence-electron chi connectivity index (χ1n) is 2.76. The number of nitrogens with zero attached hydrogens (tertiary/aromatic N) is 1. The highest BCUT2D eigenvalue weighted by Crippen LogP contribution is 1.88. The Morgan fingerprint density at radius 3 is 3.00 bits per heavy atom. The second-order valence-corrected chi connectivity index (χ2v) is 1.89. The van der Waals surface area contributed by atoms with Crippen molar-refractivity contribution in [1.82, 2.24) is 4.98 Å². The molecule has 0 unspecified atom stereocenters. The summed E-state index contributed by atoms with van der Waals surface area (Å²) in [6, 6.07) is 5.84. The lowest BCUT2D eigenvalue weighted by Crippen LogP contribution is -2.10. The van der Waals surface area contributed by atoms with Crippen LogP contribution < -0.4 is 5.56 Å². The molecule has 0 spiro atoms. The van der Waals surface area contributed by atoms with Crippen molar-refractivity contribution in [3.05, 3.63) is 33.7 Å². The van der Waals surface area contributed by atoms with Crippen LogP contribution in [-0.4, -0.2) is 4.98 Å². The molecule has 0 saturated heterocycles.